The summed E-state index contributed by atoms with van der Waals surface area (Å²) in [6, 6.07) is 3.37. The summed E-state index contributed by atoms with van der Waals surface area (Å²) in [6.45, 7) is 5.29. The lowest BCUT2D eigenvalue weighted by atomic mass is 10.2. The van der Waals surface area contributed by atoms with Crippen LogP contribution >= 0.6 is 0 Å². The summed E-state index contributed by atoms with van der Waals surface area (Å²) in [5, 5.41) is 7.42. The molecule has 0 aliphatic heterocycles. The fourth-order valence-corrected chi connectivity index (χ4v) is 3.23. The zero-order valence-corrected chi connectivity index (χ0v) is 13.6. The second kappa shape index (κ2) is 7.37. The lowest BCUT2D eigenvalue weighted by molar-refractivity contribution is 0.524. The molecular formula is C14H21N5O2S. The summed E-state index contributed by atoms with van der Waals surface area (Å²) < 4.78 is 28.6. The Morgan fingerprint density at radius 2 is 2.05 bits per heavy atom. The highest BCUT2D eigenvalue weighted by Gasteiger charge is 2.18. The van der Waals surface area contributed by atoms with Crippen LogP contribution in [0.5, 0.6) is 0 Å². The Kier molecular flexibility index (Phi) is 5.51. The van der Waals surface area contributed by atoms with Crippen LogP contribution in [0.25, 0.3) is 0 Å². The van der Waals surface area contributed by atoms with E-state index in [2.05, 4.69) is 20.1 Å². The molecule has 0 aliphatic carbocycles. The van der Waals surface area contributed by atoms with Crippen molar-refractivity contribution in [1.82, 2.24) is 19.5 Å². The largest absolute Gasteiger partial charge is 0.383 e. The number of pyridine rings is 1. The number of nitrogens with one attached hydrogen (secondary N) is 2. The van der Waals surface area contributed by atoms with Gasteiger partial charge >= 0.3 is 0 Å². The smallest absolute Gasteiger partial charge is 0.257 e. The topological polar surface area (TPSA) is 88.9 Å². The maximum atomic E-state index is 12.3. The summed E-state index contributed by atoms with van der Waals surface area (Å²) in [4.78, 5) is 4.01. The molecule has 22 heavy (non-hydrogen) atoms. The van der Waals surface area contributed by atoms with Crippen molar-refractivity contribution in [2.45, 2.75) is 31.8 Å². The minimum absolute atomic E-state index is 0.203. The second-order valence-corrected chi connectivity index (χ2v) is 6.62. The molecule has 2 N–H and O–H groups in total. The van der Waals surface area contributed by atoms with Gasteiger partial charge in [-0.1, -0.05) is 6.92 Å². The maximum Gasteiger partial charge on any atom is 0.257 e. The Morgan fingerprint density at radius 1 is 1.23 bits per heavy atom. The first-order valence-electron chi connectivity index (χ1n) is 7.20. The highest BCUT2D eigenvalue weighted by Crippen LogP contribution is 2.11. The van der Waals surface area contributed by atoms with Gasteiger partial charge in [0, 0.05) is 37.7 Å². The number of rotatable bonds is 8. The highest BCUT2D eigenvalue weighted by molar-refractivity contribution is 7.89. The minimum atomic E-state index is -3.54. The van der Waals surface area contributed by atoms with Crippen LogP contribution in [-0.2, 0) is 16.6 Å². The molecule has 120 valence electrons. The Labute approximate surface area is 130 Å². The van der Waals surface area contributed by atoms with E-state index in [1.165, 1.54) is 16.9 Å². The molecule has 2 rings (SSSR count). The third-order valence-electron chi connectivity index (χ3n) is 3.14. The van der Waals surface area contributed by atoms with Crippen molar-refractivity contribution in [2.75, 3.05) is 18.4 Å². The molecular weight excluding hydrogens is 302 g/mol. The van der Waals surface area contributed by atoms with Crippen molar-refractivity contribution < 1.29 is 8.42 Å². The number of sulfonamides is 1. The molecule has 0 bridgehead atoms. The Morgan fingerprint density at radius 3 is 2.77 bits per heavy atom. The molecule has 0 radical (unpaired) electrons. The van der Waals surface area contributed by atoms with Gasteiger partial charge < -0.3 is 5.32 Å². The van der Waals surface area contributed by atoms with Gasteiger partial charge in [-0.2, -0.15) is 5.10 Å². The third kappa shape index (κ3) is 4.05. The van der Waals surface area contributed by atoms with Gasteiger partial charge in [0.05, 0.1) is 6.20 Å². The normalized spacial score (nSPS) is 11.5. The van der Waals surface area contributed by atoms with Crippen LogP contribution < -0.4 is 10.0 Å². The average molecular weight is 323 g/mol. The summed E-state index contributed by atoms with van der Waals surface area (Å²) in [5.41, 5.74) is 1.97. The zero-order valence-electron chi connectivity index (χ0n) is 12.8. The quantitative estimate of drug-likeness (QED) is 0.717. The van der Waals surface area contributed by atoms with Gasteiger partial charge in [0.1, 0.15) is 0 Å². The number of aromatic nitrogens is 3. The molecule has 0 saturated heterocycles. The average Bonchev–Trinajstić information content (AvgIpc) is 2.95. The fourth-order valence-electron chi connectivity index (χ4n) is 2.06. The van der Waals surface area contributed by atoms with Crippen LogP contribution in [0.4, 0.5) is 5.69 Å². The zero-order chi connectivity index (χ0) is 16.0. The molecule has 0 aliphatic rings. The van der Waals surface area contributed by atoms with Crippen molar-refractivity contribution in [3.05, 3.63) is 36.3 Å². The Bertz CT molecular complexity index is 712. The molecule has 7 nitrogen and oxygen atoms in total. The van der Waals surface area contributed by atoms with Crippen molar-refractivity contribution >= 4 is 15.7 Å². The van der Waals surface area contributed by atoms with Crippen LogP contribution in [0.1, 0.15) is 18.9 Å². The van der Waals surface area contributed by atoms with Gasteiger partial charge in [-0.05, 0) is 31.0 Å². The van der Waals surface area contributed by atoms with Crippen molar-refractivity contribution in [2.24, 2.45) is 0 Å². The van der Waals surface area contributed by atoms with Crippen LogP contribution in [0, 0.1) is 6.92 Å². The van der Waals surface area contributed by atoms with Crippen LogP contribution in [-0.4, -0.2) is 36.3 Å². The van der Waals surface area contributed by atoms with Crippen LogP contribution in [0.2, 0.25) is 0 Å². The second-order valence-electron chi connectivity index (χ2n) is 4.91. The van der Waals surface area contributed by atoms with Gasteiger partial charge in [0.25, 0.3) is 10.0 Å². The fraction of sp³-hybridized carbons (Fsp3) is 0.429. The molecule has 0 amide bonds. The maximum absolute atomic E-state index is 12.3. The third-order valence-corrected chi connectivity index (χ3v) is 4.62. The lowest BCUT2D eigenvalue weighted by Crippen LogP contribution is -2.30. The number of nitrogens with zero attached hydrogens (tertiary/aromatic N) is 3. The van der Waals surface area contributed by atoms with E-state index >= 15 is 0 Å². The predicted octanol–water partition coefficient (Wildman–Crippen LogP) is 1.39. The predicted molar refractivity (Wildman–Crippen MR) is 85.2 cm³/mol. The Balaban J connectivity index is 1.90. The van der Waals surface area contributed by atoms with E-state index in [9.17, 15) is 8.42 Å². The minimum Gasteiger partial charge on any atom is -0.383 e. The lowest BCUT2D eigenvalue weighted by Gasteiger charge is -2.11. The first-order valence-corrected chi connectivity index (χ1v) is 8.69. The molecule has 2 aromatic heterocycles. The monoisotopic (exact) mass is 323 g/mol. The first-order chi connectivity index (χ1) is 10.5. The first kappa shape index (κ1) is 16.4. The van der Waals surface area contributed by atoms with Gasteiger partial charge in [0.15, 0.2) is 5.03 Å². The Hall–Kier alpha value is -1.93. The van der Waals surface area contributed by atoms with Crippen LogP contribution in [0.15, 0.2) is 35.7 Å². The molecule has 0 saturated carbocycles. The summed E-state index contributed by atoms with van der Waals surface area (Å²) in [7, 11) is -3.54. The van der Waals surface area contributed by atoms with Crippen LogP contribution in [0.3, 0.4) is 0 Å². The molecule has 0 fully saturated rings. The van der Waals surface area contributed by atoms with Gasteiger partial charge in [-0.15, -0.1) is 0 Å². The highest BCUT2D eigenvalue weighted by atomic mass is 32.2. The molecule has 0 spiro atoms. The summed E-state index contributed by atoms with van der Waals surface area (Å²) in [6.07, 6.45) is 5.79. The van der Waals surface area contributed by atoms with Gasteiger partial charge in [-0.25, -0.2) is 13.1 Å². The van der Waals surface area contributed by atoms with E-state index in [4.69, 9.17) is 0 Å². The summed E-state index contributed by atoms with van der Waals surface area (Å²) >= 11 is 0. The molecule has 0 aromatic carbocycles. The SMILES string of the molecule is CCCn1nccc1S(=O)(=O)NCCNc1ccncc1C. The molecule has 2 heterocycles. The standard InChI is InChI=1S/C14H21N5O2S/c1-3-10-19-14(5-7-17-19)22(20,21)18-9-8-16-13-4-6-15-11-12(13)2/h4-7,11,18H,3,8-10H2,1-2H3,(H,15,16). The molecule has 0 unspecified atom stereocenters. The van der Waals surface area contributed by atoms with Gasteiger partial charge in [-0.3, -0.25) is 9.67 Å². The van der Waals surface area contributed by atoms with Crippen molar-refractivity contribution in [3.8, 4) is 0 Å². The summed E-state index contributed by atoms with van der Waals surface area (Å²) in [5.74, 6) is 0. The van der Waals surface area contributed by atoms with E-state index in [1.807, 2.05) is 19.9 Å². The van der Waals surface area contributed by atoms with Crippen molar-refractivity contribution in [3.63, 3.8) is 0 Å². The van der Waals surface area contributed by atoms with E-state index in [1.54, 1.807) is 12.4 Å². The van der Waals surface area contributed by atoms with E-state index in [-0.39, 0.29) is 5.03 Å². The van der Waals surface area contributed by atoms with E-state index in [0.29, 0.717) is 19.6 Å². The molecule has 8 heteroatoms. The number of hydrogen-bond donors (Lipinski definition) is 2. The van der Waals surface area contributed by atoms with Crippen molar-refractivity contribution in [1.29, 1.82) is 0 Å². The number of hydrogen-bond acceptors (Lipinski definition) is 5. The van der Waals surface area contributed by atoms with Gasteiger partial charge in [0.2, 0.25) is 0 Å². The molecule has 0 atom stereocenters. The van der Waals surface area contributed by atoms with E-state index < -0.39 is 10.0 Å². The van der Waals surface area contributed by atoms with E-state index in [0.717, 1.165) is 17.7 Å². The number of anilines is 1. The number of aryl methyl sites for hydroxylation is 2. The molecule has 2 aromatic rings.